The van der Waals surface area contributed by atoms with Crippen LogP contribution in [0.3, 0.4) is 0 Å². The molecular formula is C23H30N2O4S. The van der Waals surface area contributed by atoms with Gasteiger partial charge in [-0.3, -0.25) is 5.32 Å². The average molecular weight is 431 g/mol. The fourth-order valence-electron chi connectivity index (χ4n) is 3.68. The van der Waals surface area contributed by atoms with Crippen LogP contribution in [-0.4, -0.2) is 20.6 Å². The van der Waals surface area contributed by atoms with Crippen LogP contribution in [0, 0.1) is 6.92 Å². The molecule has 3 rings (SSSR count). The number of hydrogen-bond acceptors (Lipinski definition) is 4. The van der Waals surface area contributed by atoms with Crippen molar-refractivity contribution in [2.75, 3.05) is 5.32 Å². The van der Waals surface area contributed by atoms with Gasteiger partial charge in [0.15, 0.2) is 0 Å². The van der Waals surface area contributed by atoms with E-state index >= 15 is 0 Å². The van der Waals surface area contributed by atoms with E-state index in [2.05, 4.69) is 10.0 Å². The van der Waals surface area contributed by atoms with Crippen molar-refractivity contribution in [2.24, 2.45) is 0 Å². The summed E-state index contributed by atoms with van der Waals surface area (Å²) in [6.07, 6.45) is 4.41. The minimum absolute atomic E-state index is 0.000937. The first-order chi connectivity index (χ1) is 14.2. The molecule has 0 heterocycles. The Hall–Kier alpha value is -2.38. The second-order valence-electron chi connectivity index (χ2n) is 8.19. The van der Waals surface area contributed by atoms with Crippen LogP contribution in [0.15, 0.2) is 47.4 Å². The summed E-state index contributed by atoms with van der Waals surface area (Å²) in [6.45, 7) is 6.02. The molecule has 6 nitrogen and oxygen atoms in total. The standard InChI is InChI=1S/C23H30N2O4S/c1-16(2)21-14-9-17(3)15-22(21)29-23(26)24-18-10-12-20(13-11-18)30(27,28)25-19-7-5-4-6-8-19/h9-16,19,25H,4-8H2,1-3H3,(H,24,26). The zero-order chi connectivity index (χ0) is 21.7. The smallest absolute Gasteiger partial charge is 0.410 e. The number of carbonyl (C=O) groups excluding carboxylic acids is 1. The molecule has 1 aliphatic rings. The van der Waals surface area contributed by atoms with Gasteiger partial charge in [0.05, 0.1) is 4.90 Å². The predicted molar refractivity (Wildman–Crippen MR) is 119 cm³/mol. The quantitative estimate of drug-likeness (QED) is 0.648. The molecule has 0 radical (unpaired) electrons. The number of nitrogens with one attached hydrogen (secondary N) is 2. The molecule has 2 aromatic carbocycles. The summed E-state index contributed by atoms with van der Waals surface area (Å²) in [7, 11) is -3.57. The fraction of sp³-hybridized carbons (Fsp3) is 0.435. The number of ether oxygens (including phenoxy) is 1. The number of hydrogen-bond donors (Lipinski definition) is 2. The van der Waals surface area contributed by atoms with Gasteiger partial charge < -0.3 is 4.74 Å². The Morgan fingerprint density at radius 2 is 1.70 bits per heavy atom. The molecule has 2 N–H and O–H groups in total. The second-order valence-corrected chi connectivity index (χ2v) is 9.91. The van der Waals surface area contributed by atoms with Crippen LogP contribution in [0.2, 0.25) is 0 Å². The molecule has 30 heavy (non-hydrogen) atoms. The van der Waals surface area contributed by atoms with E-state index in [4.69, 9.17) is 4.74 Å². The molecule has 1 saturated carbocycles. The van der Waals surface area contributed by atoms with E-state index in [1.807, 2.05) is 39.0 Å². The van der Waals surface area contributed by atoms with Gasteiger partial charge in [0.2, 0.25) is 10.0 Å². The molecule has 7 heteroatoms. The van der Waals surface area contributed by atoms with Crippen LogP contribution >= 0.6 is 0 Å². The number of carbonyl (C=O) groups is 1. The first kappa shape index (κ1) is 22.3. The summed E-state index contributed by atoms with van der Waals surface area (Å²) >= 11 is 0. The van der Waals surface area contributed by atoms with Gasteiger partial charge in [0.25, 0.3) is 0 Å². The summed E-state index contributed by atoms with van der Waals surface area (Å²) in [6, 6.07) is 11.9. The lowest BCUT2D eigenvalue weighted by atomic mass is 9.96. The van der Waals surface area contributed by atoms with Crippen LogP contribution in [0.1, 0.15) is 63.0 Å². The van der Waals surface area contributed by atoms with E-state index in [0.29, 0.717) is 11.4 Å². The minimum atomic E-state index is -3.57. The molecule has 0 unspecified atom stereocenters. The highest BCUT2D eigenvalue weighted by Gasteiger charge is 2.22. The van der Waals surface area contributed by atoms with Crippen molar-refractivity contribution in [3.63, 3.8) is 0 Å². The Morgan fingerprint density at radius 1 is 1.03 bits per heavy atom. The molecule has 1 fully saturated rings. The maximum absolute atomic E-state index is 12.6. The monoisotopic (exact) mass is 430 g/mol. The van der Waals surface area contributed by atoms with Gasteiger partial charge in [-0.05, 0) is 67.1 Å². The first-order valence-electron chi connectivity index (χ1n) is 10.5. The van der Waals surface area contributed by atoms with Gasteiger partial charge in [-0.1, -0.05) is 45.2 Å². The molecule has 1 amide bonds. The summed E-state index contributed by atoms with van der Waals surface area (Å²) < 4.78 is 33.5. The van der Waals surface area contributed by atoms with Crippen molar-refractivity contribution in [3.8, 4) is 5.75 Å². The molecule has 0 atom stereocenters. The van der Waals surface area contributed by atoms with Gasteiger partial charge in [0, 0.05) is 11.7 Å². The summed E-state index contributed by atoms with van der Waals surface area (Å²) in [4.78, 5) is 12.5. The minimum Gasteiger partial charge on any atom is -0.410 e. The summed E-state index contributed by atoms with van der Waals surface area (Å²) in [5.41, 5.74) is 2.42. The Morgan fingerprint density at radius 3 is 2.33 bits per heavy atom. The third-order valence-electron chi connectivity index (χ3n) is 5.33. The predicted octanol–water partition coefficient (Wildman–Crippen LogP) is 5.34. The third-order valence-corrected chi connectivity index (χ3v) is 6.87. The topological polar surface area (TPSA) is 84.5 Å². The maximum atomic E-state index is 12.6. The van der Waals surface area contributed by atoms with Crippen LogP contribution in [0.5, 0.6) is 5.75 Å². The molecule has 162 valence electrons. The zero-order valence-corrected chi connectivity index (χ0v) is 18.6. The summed E-state index contributed by atoms with van der Waals surface area (Å²) in [5, 5.41) is 2.66. The van der Waals surface area contributed by atoms with Crippen LogP contribution in [0.25, 0.3) is 0 Å². The van der Waals surface area contributed by atoms with Crippen molar-refractivity contribution >= 4 is 21.8 Å². The lowest BCUT2D eigenvalue weighted by Crippen LogP contribution is -2.36. The van der Waals surface area contributed by atoms with Gasteiger partial charge in [-0.15, -0.1) is 0 Å². The second kappa shape index (κ2) is 9.62. The number of rotatable bonds is 6. The molecule has 0 bridgehead atoms. The molecule has 0 spiro atoms. The maximum Gasteiger partial charge on any atom is 0.417 e. The molecule has 0 aliphatic heterocycles. The average Bonchev–Trinajstić information content (AvgIpc) is 2.68. The van der Waals surface area contributed by atoms with Gasteiger partial charge >= 0.3 is 6.09 Å². The molecule has 2 aromatic rings. The Bertz CT molecular complexity index is 979. The third kappa shape index (κ3) is 5.83. The number of amides is 1. The largest absolute Gasteiger partial charge is 0.417 e. The van der Waals surface area contributed by atoms with Crippen LogP contribution < -0.4 is 14.8 Å². The summed E-state index contributed by atoms with van der Waals surface area (Å²) in [5.74, 6) is 0.743. The highest BCUT2D eigenvalue weighted by Crippen LogP contribution is 2.28. The fourth-order valence-corrected chi connectivity index (χ4v) is 4.98. The highest BCUT2D eigenvalue weighted by molar-refractivity contribution is 7.89. The number of anilines is 1. The molecule has 1 aliphatic carbocycles. The van der Waals surface area contributed by atoms with Crippen molar-refractivity contribution in [2.45, 2.75) is 69.7 Å². The number of aryl methyl sites for hydroxylation is 1. The van der Waals surface area contributed by atoms with Gasteiger partial charge in [-0.2, -0.15) is 0 Å². The van der Waals surface area contributed by atoms with E-state index < -0.39 is 16.1 Å². The zero-order valence-electron chi connectivity index (χ0n) is 17.8. The SMILES string of the molecule is Cc1ccc(C(C)C)c(OC(=O)Nc2ccc(S(=O)(=O)NC3CCCCC3)cc2)c1. The highest BCUT2D eigenvalue weighted by atomic mass is 32.2. The lowest BCUT2D eigenvalue weighted by Gasteiger charge is -2.22. The van der Waals surface area contributed by atoms with Crippen molar-refractivity contribution in [3.05, 3.63) is 53.6 Å². The van der Waals surface area contributed by atoms with E-state index in [-0.39, 0.29) is 16.9 Å². The van der Waals surface area contributed by atoms with Crippen molar-refractivity contribution < 1.29 is 17.9 Å². The van der Waals surface area contributed by atoms with E-state index in [1.54, 1.807) is 12.1 Å². The van der Waals surface area contributed by atoms with Crippen LogP contribution in [-0.2, 0) is 10.0 Å². The Labute approximate surface area is 179 Å². The molecular weight excluding hydrogens is 400 g/mol. The van der Waals surface area contributed by atoms with E-state index in [9.17, 15) is 13.2 Å². The van der Waals surface area contributed by atoms with Gasteiger partial charge in [-0.25, -0.2) is 17.9 Å². The normalized spacial score (nSPS) is 15.2. The van der Waals surface area contributed by atoms with Crippen molar-refractivity contribution in [1.29, 1.82) is 0 Å². The first-order valence-corrected chi connectivity index (χ1v) is 11.9. The van der Waals surface area contributed by atoms with E-state index in [1.165, 1.54) is 12.1 Å². The Kier molecular flexibility index (Phi) is 7.15. The number of benzene rings is 2. The van der Waals surface area contributed by atoms with Crippen molar-refractivity contribution in [1.82, 2.24) is 4.72 Å². The lowest BCUT2D eigenvalue weighted by molar-refractivity contribution is 0.214. The molecule has 0 aromatic heterocycles. The number of sulfonamides is 1. The van der Waals surface area contributed by atoms with Crippen LogP contribution in [0.4, 0.5) is 10.5 Å². The Balaban J connectivity index is 1.64. The van der Waals surface area contributed by atoms with Gasteiger partial charge in [0.1, 0.15) is 5.75 Å². The molecule has 0 saturated heterocycles. The van der Waals surface area contributed by atoms with E-state index in [0.717, 1.165) is 43.2 Å².